The van der Waals surface area contributed by atoms with Crippen LogP contribution in [0.5, 0.6) is 0 Å². The number of nitrogens with two attached hydrogens (primary N) is 1. The molecule has 0 saturated carbocycles. The van der Waals surface area contributed by atoms with E-state index in [2.05, 4.69) is 22.1 Å². The van der Waals surface area contributed by atoms with Crippen molar-refractivity contribution in [3.63, 3.8) is 0 Å². The SMILES string of the molecule is CC1=C(CN(C)[C@@H](C)C[C@H](N)CCO)C=NC(S(=O)O)CN1. The Hall–Kier alpha value is -0.800. The fourth-order valence-corrected chi connectivity index (χ4v) is 2.68. The molecule has 2 unspecified atom stereocenters. The van der Waals surface area contributed by atoms with E-state index in [0.717, 1.165) is 17.7 Å². The number of allylic oxidation sites excluding steroid dienone is 1. The third-order valence-electron chi connectivity index (χ3n) is 3.97. The highest BCUT2D eigenvalue weighted by Crippen LogP contribution is 2.12. The summed E-state index contributed by atoms with van der Waals surface area (Å²) in [6, 6.07) is 0.251. The minimum atomic E-state index is -1.97. The number of aliphatic hydroxyl groups is 1. The number of nitrogens with one attached hydrogen (secondary N) is 1. The van der Waals surface area contributed by atoms with Crippen molar-refractivity contribution in [3.8, 4) is 0 Å². The second-order valence-corrected chi connectivity index (χ2v) is 6.91. The molecule has 1 heterocycles. The molecular formula is C14H28N4O3S. The van der Waals surface area contributed by atoms with Crippen LogP contribution in [-0.4, -0.2) is 69.2 Å². The quantitative estimate of drug-likeness (QED) is 0.462. The summed E-state index contributed by atoms with van der Waals surface area (Å²) in [5.74, 6) is 0. The Morgan fingerprint density at radius 3 is 2.91 bits per heavy atom. The molecule has 0 aliphatic carbocycles. The van der Waals surface area contributed by atoms with Crippen LogP contribution in [0.1, 0.15) is 26.7 Å². The van der Waals surface area contributed by atoms with Crippen LogP contribution in [0.15, 0.2) is 16.3 Å². The van der Waals surface area contributed by atoms with Crippen molar-refractivity contribution in [1.82, 2.24) is 10.2 Å². The Balaban J connectivity index is 2.63. The molecule has 0 bridgehead atoms. The van der Waals surface area contributed by atoms with E-state index in [-0.39, 0.29) is 18.7 Å². The summed E-state index contributed by atoms with van der Waals surface area (Å²) in [4.78, 5) is 6.34. The molecule has 1 aliphatic rings. The fraction of sp³-hybridized carbons (Fsp3) is 0.786. The minimum Gasteiger partial charge on any atom is -0.396 e. The van der Waals surface area contributed by atoms with Gasteiger partial charge in [-0.25, -0.2) is 4.21 Å². The molecule has 4 atom stereocenters. The molecule has 0 amide bonds. The van der Waals surface area contributed by atoms with E-state index in [0.29, 0.717) is 19.5 Å². The summed E-state index contributed by atoms with van der Waals surface area (Å²) in [6.07, 6.45) is 3.09. The molecular weight excluding hydrogens is 304 g/mol. The van der Waals surface area contributed by atoms with Crippen LogP contribution in [0.25, 0.3) is 0 Å². The van der Waals surface area contributed by atoms with Crippen molar-refractivity contribution in [3.05, 3.63) is 11.3 Å². The molecule has 8 heteroatoms. The first kappa shape index (κ1) is 19.2. The molecule has 0 aromatic rings. The maximum absolute atomic E-state index is 11.1. The third kappa shape index (κ3) is 6.13. The summed E-state index contributed by atoms with van der Waals surface area (Å²) < 4.78 is 20.3. The van der Waals surface area contributed by atoms with Crippen molar-refractivity contribution < 1.29 is 13.9 Å². The zero-order valence-electron chi connectivity index (χ0n) is 13.5. The summed E-state index contributed by atoms with van der Waals surface area (Å²) in [5, 5.41) is 11.4. The largest absolute Gasteiger partial charge is 0.396 e. The van der Waals surface area contributed by atoms with Gasteiger partial charge in [0.05, 0.1) is 6.54 Å². The molecule has 5 N–H and O–H groups in total. The molecule has 0 aromatic carbocycles. The van der Waals surface area contributed by atoms with Crippen LogP contribution >= 0.6 is 0 Å². The number of aliphatic imine (C=N–C) groups is 1. The van der Waals surface area contributed by atoms with Crippen LogP contribution in [0.2, 0.25) is 0 Å². The number of hydrogen-bond donors (Lipinski definition) is 4. The summed E-state index contributed by atoms with van der Waals surface area (Å²) in [5.41, 5.74) is 7.93. The normalized spacial score (nSPS) is 23.1. The van der Waals surface area contributed by atoms with Gasteiger partial charge in [-0.3, -0.25) is 9.89 Å². The predicted molar refractivity (Wildman–Crippen MR) is 90.1 cm³/mol. The van der Waals surface area contributed by atoms with Gasteiger partial charge >= 0.3 is 0 Å². The number of hydrogen-bond acceptors (Lipinski definition) is 6. The van der Waals surface area contributed by atoms with E-state index in [1.54, 1.807) is 6.21 Å². The zero-order chi connectivity index (χ0) is 16.7. The monoisotopic (exact) mass is 332 g/mol. The van der Waals surface area contributed by atoms with E-state index in [1.807, 2.05) is 14.0 Å². The first-order chi connectivity index (χ1) is 10.3. The first-order valence-corrected chi connectivity index (χ1v) is 8.65. The number of likely N-dealkylation sites (N-methyl/N-ethyl adjacent to an activating group) is 1. The van der Waals surface area contributed by atoms with Crippen LogP contribution in [-0.2, 0) is 11.1 Å². The molecule has 0 aromatic heterocycles. The van der Waals surface area contributed by atoms with Crippen molar-refractivity contribution in [2.75, 3.05) is 26.7 Å². The second kappa shape index (κ2) is 9.36. The van der Waals surface area contributed by atoms with E-state index in [1.165, 1.54) is 0 Å². The molecule has 22 heavy (non-hydrogen) atoms. The van der Waals surface area contributed by atoms with Crippen molar-refractivity contribution in [1.29, 1.82) is 0 Å². The van der Waals surface area contributed by atoms with Crippen molar-refractivity contribution >= 4 is 17.3 Å². The lowest BCUT2D eigenvalue weighted by Crippen LogP contribution is -2.37. The maximum Gasteiger partial charge on any atom is 0.180 e. The molecule has 0 saturated heterocycles. The minimum absolute atomic E-state index is 0.0142. The second-order valence-electron chi connectivity index (χ2n) is 5.81. The zero-order valence-corrected chi connectivity index (χ0v) is 14.3. The lowest BCUT2D eigenvalue weighted by molar-refractivity contribution is 0.230. The summed E-state index contributed by atoms with van der Waals surface area (Å²) >= 11 is -1.97. The molecule has 0 radical (unpaired) electrons. The fourth-order valence-electron chi connectivity index (χ4n) is 2.29. The van der Waals surface area contributed by atoms with Crippen LogP contribution in [0.3, 0.4) is 0 Å². The van der Waals surface area contributed by atoms with Crippen LogP contribution in [0, 0.1) is 0 Å². The Morgan fingerprint density at radius 2 is 2.32 bits per heavy atom. The van der Waals surface area contributed by atoms with Gasteiger partial charge in [0.15, 0.2) is 16.5 Å². The highest BCUT2D eigenvalue weighted by atomic mass is 32.2. The van der Waals surface area contributed by atoms with Crippen LogP contribution in [0.4, 0.5) is 0 Å². The lowest BCUT2D eigenvalue weighted by Gasteiger charge is -2.27. The van der Waals surface area contributed by atoms with E-state index in [9.17, 15) is 4.21 Å². The average molecular weight is 332 g/mol. The Morgan fingerprint density at radius 1 is 1.64 bits per heavy atom. The van der Waals surface area contributed by atoms with Gasteiger partial charge in [0.2, 0.25) is 0 Å². The van der Waals surface area contributed by atoms with Gasteiger partial charge in [-0.1, -0.05) is 0 Å². The van der Waals surface area contributed by atoms with Gasteiger partial charge in [0, 0.05) is 42.7 Å². The van der Waals surface area contributed by atoms with Gasteiger partial charge in [-0.2, -0.15) is 0 Å². The third-order valence-corrected chi connectivity index (χ3v) is 4.72. The Bertz CT molecular complexity index is 442. The number of rotatable bonds is 8. The molecule has 128 valence electrons. The molecule has 1 aliphatic heterocycles. The van der Waals surface area contributed by atoms with Gasteiger partial charge in [0.1, 0.15) is 0 Å². The Kier molecular flexibility index (Phi) is 8.19. The van der Waals surface area contributed by atoms with E-state index in [4.69, 9.17) is 15.4 Å². The number of nitrogens with zero attached hydrogens (tertiary/aromatic N) is 2. The predicted octanol–water partition coefficient (Wildman–Crippen LogP) is -0.0977. The standard InChI is InChI=1S/C14H28N4O3S/c1-10(6-13(15)4-5-19)18(3)9-12-7-17-14(22(20)21)8-16-11(12)2/h7,10,13-14,16,19H,4-6,8-9,15H2,1-3H3,(H,20,21)/t10-,13+,14?/m0/s1. The topological polar surface area (TPSA) is 111 Å². The lowest BCUT2D eigenvalue weighted by atomic mass is 10.0. The molecule has 1 rings (SSSR count). The molecule has 0 spiro atoms. The summed E-state index contributed by atoms with van der Waals surface area (Å²) in [6.45, 7) is 5.19. The Labute approximate surface area is 135 Å². The smallest absolute Gasteiger partial charge is 0.180 e. The van der Waals surface area contributed by atoms with Gasteiger partial charge in [-0.05, 0) is 33.7 Å². The van der Waals surface area contributed by atoms with Crippen molar-refractivity contribution in [2.24, 2.45) is 10.7 Å². The molecule has 7 nitrogen and oxygen atoms in total. The van der Waals surface area contributed by atoms with E-state index >= 15 is 0 Å². The average Bonchev–Trinajstić information content (AvgIpc) is 2.62. The maximum atomic E-state index is 11.1. The first-order valence-electron chi connectivity index (χ1n) is 7.48. The van der Waals surface area contributed by atoms with Crippen LogP contribution < -0.4 is 11.1 Å². The van der Waals surface area contributed by atoms with Crippen molar-refractivity contribution in [2.45, 2.75) is 44.1 Å². The number of aliphatic hydroxyl groups excluding tert-OH is 1. The van der Waals surface area contributed by atoms with Gasteiger partial charge in [0.25, 0.3) is 0 Å². The van der Waals surface area contributed by atoms with Gasteiger partial charge < -0.3 is 20.7 Å². The molecule has 0 fully saturated rings. The highest BCUT2D eigenvalue weighted by Gasteiger charge is 2.19. The van der Waals surface area contributed by atoms with Gasteiger partial charge in [-0.15, -0.1) is 0 Å². The highest BCUT2D eigenvalue weighted by molar-refractivity contribution is 7.79. The summed E-state index contributed by atoms with van der Waals surface area (Å²) in [7, 11) is 2.01. The van der Waals surface area contributed by atoms with E-state index < -0.39 is 16.5 Å².